The molecule has 0 radical (unpaired) electrons. The molecule has 1 N–H and O–H groups in total. The third-order valence-electron chi connectivity index (χ3n) is 5.79. The number of amides is 1. The highest BCUT2D eigenvalue weighted by atomic mass is 16.3. The number of para-hydroxylation sites is 1. The van der Waals surface area contributed by atoms with Crippen LogP contribution in [0, 0.1) is 5.92 Å². The van der Waals surface area contributed by atoms with Gasteiger partial charge in [0.2, 0.25) is 5.88 Å². The first-order chi connectivity index (χ1) is 13.8. The molecule has 2 atom stereocenters. The lowest BCUT2D eigenvalue weighted by Gasteiger charge is -2.19. The molecule has 4 rings (SSSR count). The van der Waals surface area contributed by atoms with Gasteiger partial charge in [0.15, 0.2) is 5.69 Å². The SMILES string of the molecule is CCn1c(O)c(N=NC(=O)[C@H]2C[C@@H]2c2ccc(C(C)(C)C)cc2)c2ccccc21. The average Bonchev–Trinajstić information content (AvgIpc) is 3.45. The van der Waals surface area contributed by atoms with Gasteiger partial charge < -0.3 is 9.67 Å². The molecule has 2 aromatic carbocycles. The Morgan fingerprint density at radius 2 is 1.83 bits per heavy atom. The summed E-state index contributed by atoms with van der Waals surface area (Å²) < 4.78 is 1.77. The number of hydrogen-bond donors (Lipinski definition) is 1. The number of benzene rings is 2. The minimum atomic E-state index is -0.220. The molecule has 0 saturated heterocycles. The molecule has 1 saturated carbocycles. The van der Waals surface area contributed by atoms with E-state index in [0.29, 0.717) is 12.2 Å². The first-order valence-electron chi connectivity index (χ1n) is 10.2. The van der Waals surface area contributed by atoms with Gasteiger partial charge in [-0.3, -0.25) is 4.79 Å². The molecule has 5 nitrogen and oxygen atoms in total. The Morgan fingerprint density at radius 3 is 2.48 bits per heavy atom. The van der Waals surface area contributed by atoms with E-state index in [1.807, 2.05) is 31.2 Å². The monoisotopic (exact) mass is 389 g/mol. The van der Waals surface area contributed by atoms with Gasteiger partial charge in [0.1, 0.15) is 0 Å². The average molecular weight is 389 g/mol. The predicted octanol–water partition coefficient (Wildman–Crippen LogP) is 6.08. The molecule has 1 heterocycles. The number of carbonyl (C=O) groups excluding carboxylic acids is 1. The van der Waals surface area contributed by atoms with Crippen molar-refractivity contribution >= 4 is 22.5 Å². The van der Waals surface area contributed by atoms with Crippen LogP contribution in [0.4, 0.5) is 5.69 Å². The largest absolute Gasteiger partial charge is 0.493 e. The summed E-state index contributed by atoms with van der Waals surface area (Å²) in [5.41, 5.74) is 3.83. The molecule has 0 unspecified atom stereocenters. The number of hydrogen-bond acceptors (Lipinski definition) is 3. The number of aryl methyl sites for hydroxylation is 1. The van der Waals surface area contributed by atoms with Crippen molar-refractivity contribution in [3.8, 4) is 5.88 Å². The van der Waals surface area contributed by atoms with Gasteiger partial charge in [0, 0.05) is 17.8 Å². The molecule has 1 fully saturated rings. The zero-order chi connectivity index (χ0) is 20.8. The molecule has 1 aliphatic rings. The minimum absolute atomic E-state index is 0.0513. The molecule has 150 valence electrons. The number of rotatable bonds is 4. The Kier molecular flexibility index (Phi) is 4.77. The Hall–Kier alpha value is -2.95. The van der Waals surface area contributed by atoms with Gasteiger partial charge in [-0.05, 0) is 41.9 Å². The second-order valence-electron chi connectivity index (χ2n) is 8.79. The Balaban J connectivity index is 1.51. The molecule has 0 aliphatic heterocycles. The van der Waals surface area contributed by atoms with E-state index in [2.05, 4.69) is 55.3 Å². The van der Waals surface area contributed by atoms with E-state index in [-0.39, 0.29) is 29.0 Å². The van der Waals surface area contributed by atoms with Gasteiger partial charge in [-0.25, -0.2) is 0 Å². The topological polar surface area (TPSA) is 66.9 Å². The normalized spacial score (nSPS) is 19.2. The van der Waals surface area contributed by atoms with Crippen LogP contribution >= 0.6 is 0 Å². The highest BCUT2D eigenvalue weighted by Crippen LogP contribution is 2.49. The first kappa shape index (κ1) is 19.4. The van der Waals surface area contributed by atoms with Crippen molar-refractivity contribution in [2.45, 2.75) is 52.0 Å². The summed E-state index contributed by atoms with van der Waals surface area (Å²) in [5, 5.41) is 19.4. The van der Waals surface area contributed by atoms with E-state index >= 15 is 0 Å². The van der Waals surface area contributed by atoms with Crippen LogP contribution in [0.1, 0.15) is 51.2 Å². The smallest absolute Gasteiger partial charge is 0.268 e. The lowest BCUT2D eigenvalue weighted by atomic mass is 9.86. The van der Waals surface area contributed by atoms with E-state index in [9.17, 15) is 9.90 Å². The maximum absolute atomic E-state index is 12.6. The van der Waals surface area contributed by atoms with Gasteiger partial charge >= 0.3 is 0 Å². The van der Waals surface area contributed by atoms with E-state index in [0.717, 1.165) is 17.3 Å². The maximum Gasteiger partial charge on any atom is 0.268 e. The molecule has 5 heteroatoms. The van der Waals surface area contributed by atoms with Crippen LogP contribution in [-0.4, -0.2) is 15.6 Å². The number of azo groups is 1. The molecule has 29 heavy (non-hydrogen) atoms. The van der Waals surface area contributed by atoms with Crippen LogP contribution in [0.2, 0.25) is 0 Å². The van der Waals surface area contributed by atoms with Crippen LogP contribution in [0.5, 0.6) is 5.88 Å². The standard InChI is InChI=1S/C24H27N3O2/c1-5-27-20-9-7-6-8-17(20)21(23(27)29)25-26-22(28)19-14-18(19)15-10-12-16(13-11-15)24(2,3)4/h6-13,18-19,29H,5,14H2,1-4H3/t18-,19+/m1/s1. The molecule has 0 spiro atoms. The van der Waals surface area contributed by atoms with Gasteiger partial charge in [-0.2, -0.15) is 0 Å². The van der Waals surface area contributed by atoms with Crippen molar-refractivity contribution < 1.29 is 9.90 Å². The van der Waals surface area contributed by atoms with Crippen molar-refractivity contribution in [2.75, 3.05) is 0 Å². The summed E-state index contributed by atoms with van der Waals surface area (Å²) >= 11 is 0. The lowest BCUT2D eigenvalue weighted by Crippen LogP contribution is -2.10. The second kappa shape index (κ2) is 7.14. The predicted molar refractivity (Wildman–Crippen MR) is 115 cm³/mol. The fraction of sp³-hybridized carbons (Fsp3) is 0.375. The summed E-state index contributed by atoms with van der Waals surface area (Å²) in [6.07, 6.45) is 0.801. The Morgan fingerprint density at radius 1 is 1.14 bits per heavy atom. The fourth-order valence-corrected chi connectivity index (χ4v) is 3.93. The fourth-order valence-electron chi connectivity index (χ4n) is 3.93. The van der Waals surface area contributed by atoms with Crippen LogP contribution in [-0.2, 0) is 16.8 Å². The van der Waals surface area contributed by atoms with Crippen LogP contribution in [0.3, 0.4) is 0 Å². The summed E-state index contributed by atoms with van der Waals surface area (Å²) in [6, 6.07) is 16.2. The Bertz CT molecular complexity index is 1090. The van der Waals surface area contributed by atoms with Gasteiger partial charge in [0.25, 0.3) is 5.91 Å². The molecule has 1 amide bonds. The van der Waals surface area contributed by atoms with Crippen molar-refractivity contribution in [1.82, 2.24) is 4.57 Å². The zero-order valence-corrected chi connectivity index (χ0v) is 17.4. The van der Waals surface area contributed by atoms with Crippen LogP contribution in [0.25, 0.3) is 10.9 Å². The minimum Gasteiger partial charge on any atom is -0.493 e. The molecule has 1 aromatic heterocycles. The van der Waals surface area contributed by atoms with Gasteiger partial charge in [-0.15, -0.1) is 10.2 Å². The van der Waals surface area contributed by atoms with Crippen molar-refractivity contribution in [3.63, 3.8) is 0 Å². The number of aromatic nitrogens is 1. The van der Waals surface area contributed by atoms with Crippen molar-refractivity contribution in [1.29, 1.82) is 0 Å². The summed E-state index contributed by atoms with van der Waals surface area (Å²) in [7, 11) is 0. The van der Waals surface area contributed by atoms with E-state index in [4.69, 9.17) is 0 Å². The molecule has 1 aliphatic carbocycles. The molecule has 3 aromatic rings. The van der Waals surface area contributed by atoms with Crippen molar-refractivity contribution in [2.24, 2.45) is 16.1 Å². The number of nitrogens with zero attached hydrogens (tertiary/aromatic N) is 3. The maximum atomic E-state index is 12.6. The molecule has 0 bridgehead atoms. The quantitative estimate of drug-likeness (QED) is 0.550. The van der Waals surface area contributed by atoms with E-state index in [1.165, 1.54) is 11.1 Å². The molecular weight excluding hydrogens is 362 g/mol. The highest BCUT2D eigenvalue weighted by Gasteiger charge is 2.44. The summed E-state index contributed by atoms with van der Waals surface area (Å²) in [5.74, 6) is -0.0834. The van der Waals surface area contributed by atoms with Gasteiger partial charge in [-0.1, -0.05) is 63.2 Å². The number of aromatic hydroxyl groups is 1. The van der Waals surface area contributed by atoms with Gasteiger partial charge in [0.05, 0.1) is 5.52 Å². The highest BCUT2D eigenvalue weighted by molar-refractivity contribution is 5.95. The van der Waals surface area contributed by atoms with Crippen LogP contribution in [0.15, 0.2) is 58.8 Å². The van der Waals surface area contributed by atoms with Crippen LogP contribution < -0.4 is 0 Å². The lowest BCUT2D eigenvalue weighted by molar-refractivity contribution is -0.119. The second-order valence-corrected chi connectivity index (χ2v) is 8.79. The number of carbonyl (C=O) groups is 1. The Labute approximate surface area is 171 Å². The zero-order valence-electron chi connectivity index (χ0n) is 17.4. The third-order valence-corrected chi connectivity index (χ3v) is 5.79. The van der Waals surface area contributed by atoms with Crippen molar-refractivity contribution in [3.05, 3.63) is 59.7 Å². The summed E-state index contributed by atoms with van der Waals surface area (Å²) in [6.45, 7) is 9.15. The molecular formula is C24H27N3O2. The third kappa shape index (κ3) is 3.57. The summed E-state index contributed by atoms with van der Waals surface area (Å²) in [4.78, 5) is 12.6. The van der Waals surface area contributed by atoms with E-state index < -0.39 is 0 Å². The van der Waals surface area contributed by atoms with E-state index in [1.54, 1.807) is 4.57 Å². The number of fused-ring (bicyclic) bond motifs is 1. The first-order valence-corrected chi connectivity index (χ1v) is 10.2.